The Kier molecular flexibility index (Phi) is 4.10. The molecular formula is C14H13BrN2O. The number of rotatable bonds is 3. The highest BCUT2D eigenvalue weighted by atomic mass is 79.9. The van der Waals surface area contributed by atoms with Crippen LogP contribution in [0.5, 0.6) is 0 Å². The SMILES string of the molecule is Cc1ccc(CNC(=O)c2cccc(Br)c2)cn1. The lowest BCUT2D eigenvalue weighted by atomic mass is 10.2. The highest BCUT2D eigenvalue weighted by molar-refractivity contribution is 9.10. The molecule has 1 aromatic heterocycles. The second-order valence-electron chi connectivity index (χ2n) is 4.00. The lowest BCUT2D eigenvalue weighted by Crippen LogP contribution is -2.22. The highest BCUT2D eigenvalue weighted by Gasteiger charge is 2.05. The van der Waals surface area contributed by atoms with Crippen molar-refractivity contribution in [2.24, 2.45) is 0 Å². The molecule has 1 amide bonds. The van der Waals surface area contributed by atoms with Crippen molar-refractivity contribution in [1.82, 2.24) is 10.3 Å². The predicted octanol–water partition coefficient (Wildman–Crippen LogP) is 3.08. The predicted molar refractivity (Wildman–Crippen MR) is 74.3 cm³/mol. The van der Waals surface area contributed by atoms with Crippen molar-refractivity contribution in [2.45, 2.75) is 13.5 Å². The molecule has 92 valence electrons. The first kappa shape index (κ1) is 12.8. The third-order valence-corrected chi connectivity index (χ3v) is 3.01. The van der Waals surface area contributed by atoms with Crippen molar-refractivity contribution in [1.29, 1.82) is 0 Å². The number of aromatic nitrogens is 1. The average Bonchev–Trinajstić information content (AvgIpc) is 2.38. The van der Waals surface area contributed by atoms with Crippen molar-refractivity contribution in [3.63, 3.8) is 0 Å². The summed E-state index contributed by atoms with van der Waals surface area (Å²) in [5, 5.41) is 2.86. The molecule has 2 aromatic rings. The van der Waals surface area contributed by atoms with Gasteiger partial charge in [0.2, 0.25) is 0 Å². The topological polar surface area (TPSA) is 42.0 Å². The first-order valence-corrected chi connectivity index (χ1v) is 6.40. The van der Waals surface area contributed by atoms with Gasteiger partial charge in [-0.3, -0.25) is 9.78 Å². The van der Waals surface area contributed by atoms with E-state index in [4.69, 9.17) is 0 Å². The van der Waals surface area contributed by atoms with Crippen LogP contribution in [0, 0.1) is 6.92 Å². The molecule has 0 aliphatic rings. The fourth-order valence-corrected chi connectivity index (χ4v) is 1.92. The van der Waals surface area contributed by atoms with E-state index in [2.05, 4.69) is 26.2 Å². The largest absolute Gasteiger partial charge is 0.348 e. The summed E-state index contributed by atoms with van der Waals surface area (Å²) in [5.41, 5.74) is 2.60. The van der Waals surface area contributed by atoms with Gasteiger partial charge in [0.1, 0.15) is 0 Å². The number of carbonyl (C=O) groups excluding carboxylic acids is 1. The number of halogens is 1. The van der Waals surface area contributed by atoms with Gasteiger partial charge in [0, 0.05) is 28.5 Å². The number of benzene rings is 1. The average molecular weight is 305 g/mol. The van der Waals surface area contributed by atoms with Crippen molar-refractivity contribution in [2.75, 3.05) is 0 Å². The Bertz CT molecular complexity index is 552. The number of amides is 1. The van der Waals surface area contributed by atoms with Gasteiger partial charge < -0.3 is 5.32 Å². The number of hydrogen-bond donors (Lipinski definition) is 1. The summed E-state index contributed by atoms with van der Waals surface area (Å²) < 4.78 is 0.896. The van der Waals surface area contributed by atoms with Crippen LogP contribution >= 0.6 is 15.9 Å². The second-order valence-corrected chi connectivity index (χ2v) is 4.92. The van der Waals surface area contributed by atoms with Gasteiger partial charge in [-0.2, -0.15) is 0 Å². The summed E-state index contributed by atoms with van der Waals surface area (Å²) in [6.07, 6.45) is 1.77. The van der Waals surface area contributed by atoms with Crippen LogP contribution in [0.4, 0.5) is 0 Å². The fraction of sp³-hybridized carbons (Fsp3) is 0.143. The molecule has 0 aliphatic carbocycles. The Balaban J connectivity index is 1.98. The lowest BCUT2D eigenvalue weighted by Gasteiger charge is -2.05. The Labute approximate surface area is 114 Å². The molecular weight excluding hydrogens is 292 g/mol. The number of pyridine rings is 1. The summed E-state index contributed by atoms with van der Waals surface area (Å²) in [6.45, 7) is 2.42. The van der Waals surface area contributed by atoms with E-state index in [-0.39, 0.29) is 5.91 Å². The second kappa shape index (κ2) is 5.78. The Morgan fingerprint density at radius 2 is 2.17 bits per heavy atom. The summed E-state index contributed by atoms with van der Waals surface area (Å²) in [5.74, 6) is -0.0862. The molecule has 4 heteroatoms. The van der Waals surface area contributed by atoms with E-state index in [9.17, 15) is 4.79 Å². The molecule has 0 aliphatic heterocycles. The van der Waals surface area contributed by atoms with Crippen molar-refractivity contribution >= 4 is 21.8 Å². The normalized spacial score (nSPS) is 10.1. The van der Waals surface area contributed by atoms with Gasteiger partial charge >= 0.3 is 0 Å². The first-order valence-electron chi connectivity index (χ1n) is 5.60. The molecule has 0 saturated heterocycles. The van der Waals surface area contributed by atoms with Gasteiger partial charge in [0.05, 0.1) is 0 Å². The summed E-state index contributed by atoms with van der Waals surface area (Å²) in [6, 6.07) is 11.2. The summed E-state index contributed by atoms with van der Waals surface area (Å²) in [7, 11) is 0. The van der Waals surface area contributed by atoms with Crippen molar-refractivity contribution in [3.05, 3.63) is 63.9 Å². The van der Waals surface area contributed by atoms with Gasteiger partial charge in [-0.25, -0.2) is 0 Å². The maximum absolute atomic E-state index is 11.9. The molecule has 3 nitrogen and oxygen atoms in total. The van der Waals surface area contributed by atoms with E-state index in [0.717, 1.165) is 15.7 Å². The van der Waals surface area contributed by atoms with Crippen LogP contribution in [0.15, 0.2) is 47.1 Å². The monoisotopic (exact) mass is 304 g/mol. The van der Waals surface area contributed by atoms with Crippen LogP contribution in [0.3, 0.4) is 0 Å². The third-order valence-electron chi connectivity index (χ3n) is 2.51. The van der Waals surface area contributed by atoms with E-state index in [1.807, 2.05) is 31.2 Å². The minimum absolute atomic E-state index is 0.0862. The number of carbonyl (C=O) groups is 1. The van der Waals surface area contributed by atoms with Crippen LogP contribution in [0.1, 0.15) is 21.6 Å². The molecule has 1 aromatic carbocycles. The maximum atomic E-state index is 11.9. The molecule has 0 saturated carbocycles. The Hall–Kier alpha value is -1.68. The third kappa shape index (κ3) is 3.40. The molecule has 1 N–H and O–H groups in total. The van der Waals surface area contributed by atoms with Crippen molar-refractivity contribution in [3.8, 4) is 0 Å². The van der Waals surface area contributed by atoms with Gasteiger partial charge in [0.25, 0.3) is 5.91 Å². The van der Waals surface area contributed by atoms with E-state index < -0.39 is 0 Å². The van der Waals surface area contributed by atoms with E-state index in [1.165, 1.54) is 0 Å². The number of nitrogens with one attached hydrogen (secondary N) is 1. The highest BCUT2D eigenvalue weighted by Crippen LogP contribution is 2.11. The minimum atomic E-state index is -0.0862. The Morgan fingerprint density at radius 3 is 2.83 bits per heavy atom. The molecule has 0 bridgehead atoms. The van der Waals surface area contributed by atoms with Gasteiger partial charge in [-0.05, 0) is 36.8 Å². The molecule has 2 rings (SSSR count). The van der Waals surface area contributed by atoms with Crippen LogP contribution < -0.4 is 5.32 Å². The molecule has 0 spiro atoms. The van der Waals surface area contributed by atoms with Crippen LogP contribution in [0.2, 0.25) is 0 Å². The molecule has 0 atom stereocenters. The van der Waals surface area contributed by atoms with E-state index in [1.54, 1.807) is 18.3 Å². The summed E-state index contributed by atoms with van der Waals surface area (Å²) in [4.78, 5) is 16.1. The fourth-order valence-electron chi connectivity index (χ4n) is 1.52. The molecule has 0 unspecified atom stereocenters. The summed E-state index contributed by atoms with van der Waals surface area (Å²) >= 11 is 3.34. The lowest BCUT2D eigenvalue weighted by molar-refractivity contribution is 0.0951. The Morgan fingerprint density at radius 1 is 1.33 bits per heavy atom. The maximum Gasteiger partial charge on any atom is 0.251 e. The zero-order chi connectivity index (χ0) is 13.0. The quantitative estimate of drug-likeness (QED) is 0.947. The minimum Gasteiger partial charge on any atom is -0.348 e. The van der Waals surface area contributed by atoms with Crippen LogP contribution in [-0.4, -0.2) is 10.9 Å². The smallest absolute Gasteiger partial charge is 0.251 e. The zero-order valence-electron chi connectivity index (χ0n) is 9.98. The van der Waals surface area contributed by atoms with Crippen LogP contribution in [-0.2, 0) is 6.54 Å². The van der Waals surface area contributed by atoms with Gasteiger partial charge in [-0.1, -0.05) is 28.1 Å². The molecule has 1 heterocycles. The first-order chi connectivity index (χ1) is 8.65. The van der Waals surface area contributed by atoms with E-state index >= 15 is 0 Å². The zero-order valence-corrected chi connectivity index (χ0v) is 11.6. The van der Waals surface area contributed by atoms with Gasteiger partial charge in [0.15, 0.2) is 0 Å². The van der Waals surface area contributed by atoms with E-state index in [0.29, 0.717) is 12.1 Å². The van der Waals surface area contributed by atoms with Crippen LogP contribution in [0.25, 0.3) is 0 Å². The van der Waals surface area contributed by atoms with Crippen molar-refractivity contribution < 1.29 is 4.79 Å². The number of aryl methyl sites for hydroxylation is 1. The standard InChI is InChI=1S/C14H13BrN2O/c1-10-5-6-11(8-16-10)9-17-14(18)12-3-2-4-13(15)7-12/h2-8H,9H2,1H3,(H,17,18). The molecule has 0 fully saturated rings. The number of nitrogens with zero attached hydrogens (tertiary/aromatic N) is 1. The molecule has 18 heavy (non-hydrogen) atoms. The molecule has 0 radical (unpaired) electrons. The van der Waals surface area contributed by atoms with Gasteiger partial charge in [-0.15, -0.1) is 0 Å². The number of hydrogen-bond acceptors (Lipinski definition) is 2.